The van der Waals surface area contributed by atoms with E-state index in [0.29, 0.717) is 6.54 Å². The molecule has 1 heterocycles. The van der Waals surface area contributed by atoms with Gasteiger partial charge in [-0.05, 0) is 18.8 Å². The molecule has 74 valence electrons. The quantitative estimate of drug-likeness (QED) is 0.597. The number of carbonyl (C=O) groups excluding carboxylic acids is 1. The maximum absolute atomic E-state index is 11.3. The van der Waals surface area contributed by atoms with E-state index in [0.717, 1.165) is 25.6 Å². The number of hydrogen-bond donors (Lipinski definition) is 2. The molecule has 0 atom stereocenters. The minimum Gasteiger partial charge on any atom is -0.355 e. The maximum atomic E-state index is 11.3. The highest BCUT2D eigenvalue weighted by molar-refractivity contribution is 5.78. The van der Waals surface area contributed by atoms with Gasteiger partial charge in [0, 0.05) is 25.7 Å². The van der Waals surface area contributed by atoms with E-state index in [4.69, 9.17) is 5.73 Å². The minimum absolute atomic E-state index is 0.152. The van der Waals surface area contributed by atoms with Crippen LogP contribution < -0.4 is 11.1 Å². The van der Waals surface area contributed by atoms with Crippen LogP contribution in [0.4, 0.5) is 0 Å². The molecule has 0 bridgehead atoms. The largest absolute Gasteiger partial charge is 0.355 e. The second-order valence-corrected chi connectivity index (χ2v) is 4.20. The molecule has 1 saturated heterocycles. The van der Waals surface area contributed by atoms with E-state index in [-0.39, 0.29) is 11.9 Å². The first-order chi connectivity index (χ1) is 6.24. The Kier molecular flexibility index (Phi) is 2.51. The lowest BCUT2D eigenvalue weighted by Gasteiger charge is -2.36. The molecule has 0 spiro atoms. The SMILES string of the molecule is NC1CN(CC(=O)NCC2CC2)C1. The van der Waals surface area contributed by atoms with Crippen molar-refractivity contribution in [2.75, 3.05) is 26.2 Å². The first-order valence-electron chi connectivity index (χ1n) is 4.98. The summed E-state index contributed by atoms with van der Waals surface area (Å²) >= 11 is 0. The molecule has 2 rings (SSSR count). The molecule has 0 aromatic carbocycles. The van der Waals surface area contributed by atoms with E-state index >= 15 is 0 Å². The van der Waals surface area contributed by atoms with E-state index in [2.05, 4.69) is 10.2 Å². The molecule has 0 radical (unpaired) electrons. The standard InChI is InChI=1S/C9H17N3O/c10-8-4-12(5-8)6-9(13)11-3-7-1-2-7/h7-8H,1-6,10H2,(H,11,13). The van der Waals surface area contributed by atoms with Crippen LogP contribution in [0, 0.1) is 5.92 Å². The van der Waals surface area contributed by atoms with Crippen molar-refractivity contribution in [3.05, 3.63) is 0 Å². The normalized spacial score (nSPS) is 24.1. The Hall–Kier alpha value is -0.610. The Morgan fingerprint density at radius 2 is 2.15 bits per heavy atom. The number of nitrogens with zero attached hydrogens (tertiary/aromatic N) is 1. The predicted molar refractivity (Wildman–Crippen MR) is 50.1 cm³/mol. The van der Waals surface area contributed by atoms with Crippen LogP contribution in [0.15, 0.2) is 0 Å². The Morgan fingerprint density at radius 3 is 2.69 bits per heavy atom. The fourth-order valence-electron chi connectivity index (χ4n) is 1.58. The topological polar surface area (TPSA) is 58.4 Å². The van der Waals surface area contributed by atoms with E-state index in [1.54, 1.807) is 0 Å². The summed E-state index contributed by atoms with van der Waals surface area (Å²) in [6.45, 7) is 3.15. The molecule has 4 nitrogen and oxygen atoms in total. The Morgan fingerprint density at radius 1 is 1.46 bits per heavy atom. The number of nitrogens with one attached hydrogen (secondary N) is 1. The molecule has 1 amide bonds. The zero-order valence-corrected chi connectivity index (χ0v) is 7.83. The van der Waals surface area contributed by atoms with Crippen LogP contribution in [0.25, 0.3) is 0 Å². The molecule has 0 aromatic rings. The summed E-state index contributed by atoms with van der Waals surface area (Å²) in [4.78, 5) is 13.4. The summed E-state index contributed by atoms with van der Waals surface area (Å²) in [5.41, 5.74) is 5.60. The summed E-state index contributed by atoms with van der Waals surface area (Å²) < 4.78 is 0. The molecular formula is C9H17N3O. The number of hydrogen-bond acceptors (Lipinski definition) is 3. The summed E-state index contributed by atoms with van der Waals surface area (Å²) in [5.74, 6) is 0.918. The van der Waals surface area contributed by atoms with Crippen LogP contribution in [0.2, 0.25) is 0 Å². The predicted octanol–water partition coefficient (Wildman–Crippen LogP) is -0.844. The Balaban J connectivity index is 1.55. The monoisotopic (exact) mass is 183 g/mol. The van der Waals surface area contributed by atoms with Crippen molar-refractivity contribution in [3.63, 3.8) is 0 Å². The molecule has 0 unspecified atom stereocenters. The molecule has 0 aromatic heterocycles. The number of amides is 1. The highest BCUT2D eigenvalue weighted by Crippen LogP contribution is 2.27. The minimum atomic E-state index is 0.152. The highest BCUT2D eigenvalue weighted by Gasteiger charge is 2.26. The third kappa shape index (κ3) is 2.67. The van der Waals surface area contributed by atoms with Gasteiger partial charge in [0.2, 0.25) is 5.91 Å². The van der Waals surface area contributed by atoms with Crippen molar-refractivity contribution in [1.82, 2.24) is 10.2 Å². The van der Waals surface area contributed by atoms with Crippen molar-refractivity contribution < 1.29 is 4.79 Å². The van der Waals surface area contributed by atoms with E-state index in [9.17, 15) is 4.79 Å². The smallest absolute Gasteiger partial charge is 0.234 e. The lowest BCUT2D eigenvalue weighted by atomic mass is 10.1. The van der Waals surface area contributed by atoms with Gasteiger partial charge in [0.05, 0.1) is 6.54 Å². The van der Waals surface area contributed by atoms with Crippen molar-refractivity contribution in [2.24, 2.45) is 11.7 Å². The second-order valence-electron chi connectivity index (χ2n) is 4.20. The molecule has 1 aliphatic carbocycles. The average molecular weight is 183 g/mol. The summed E-state index contributed by atoms with van der Waals surface area (Å²) in [6, 6.07) is 0.288. The first kappa shape index (κ1) is 8.97. The number of likely N-dealkylation sites (tertiary alicyclic amines) is 1. The summed E-state index contributed by atoms with van der Waals surface area (Å²) in [7, 11) is 0. The van der Waals surface area contributed by atoms with Crippen LogP contribution >= 0.6 is 0 Å². The molecule has 3 N–H and O–H groups in total. The van der Waals surface area contributed by atoms with Crippen molar-refractivity contribution in [3.8, 4) is 0 Å². The number of carbonyl (C=O) groups is 1. The molecule has 13 heavy (non-hydrogen) atoms. The lowest BCUT2D eigenvalue weighted by Crippen LogP contribution is -2.58. The van der Waals surface area contributed by atoms with Gasteiger partial charge < -0.3 is 11.1 Å². The first-order valence-corrected chi connectivity index (χ1v) is 4.98. The zero-order chi connectivity index (χ0) is 9.26. The molecular weight excluding hydrogens is 166 g/mol. The van der Waals surface area contributed by atoms with Crippen molar-refractivity contribution in [1.29, 1.82) is 0 Å². The van der Waals surface area contributed by atoms with Gasteiger partial charge in [0.25, 0.3) is 0 Å². The van der Waals surface area contributed by atoms with Gasteiger partial charge >= 0.3 is 0 Å². The highest BCUT2D eigenvalue weighted by atomic mass is 16.2. The van der Waals surface area contributed by atoms with Gasteiger partial charge in [-0.15, -0.1) is 0 Å². The van der Waals surface area contributed by atoms with Crippen LogP contribution in [0.1, 0.15) is 12.8 Å². The third-order valence-corrected chi connectivity index (χ3v) is 2.64. The van der Waals surface area contributed by atoms with Crippen LogP contribution in [0.3, 0.4) is 0 Å². The summed E-state index contributed by atoms with van der Waals surface area (Å²) in [5, 5.41) is 2.94. The lowest BCUT2D eigenvalue weighted by molar-refractivity contribution is -0.123. The molecule has 2 fully saturated rings. The third-order valence-electron chi connectivity index (χ3n) is 2.64. The van der Waals surface area contributed by atoms with Crippen molar-refractivity contribution >= 4 is 5.91 Å². The van der Waals surface area contributed by atoms with Gasteiger partial charge in [0.15, 0.2) is 0 Å². The molecule has 4 heteroatoms. The van der Waals surface area contributed by atoms with Gasteiger partial charge in [-0.25, -0.2) is 0 Å². The average Bonchev–Trinajstić information content (AvgIpc) is 2.81. The summed E-state index contributed by atoms with van der Waals surface area (Å²) in [6.07, 6.45) is 2.57. The van der Waals surface area contributed by atoms with Gasteiger partial charge in [0.1, 0.15) is 0 Å². The van der Waals surface area contributed by atoms with Crippen LogP contribution in [0.5, 0.6) is 0 Å². The molecule has 1 aliphatic heterocycles. The Labute approximate surface area is 78.5 Å². The number of rotatable bonds is 4. The van der Waals surface area contributed by atoms with E-state index in [1.807, 2.05) is 0 Å². The van der Waals surface area contributed by atoms with E-state index < -0.39 is 0 Å². The Bertz CT molecular complexity index is 197. The molecule has 1 saturated carbocycles. The second kappa shape index (κ2) is 3.64. The van der Waals surface area contributed by atoms with Crippen LogP contribution in [-0.4, -0.2) is 43.0 Å². The van der Waals surface area contributed by atoms with E-state index in [1.165, 1.54) is 12.8 Å². The number of nitrogens with two attached hydrogens (primary N) is 1. The zero-order valence-electron chi connectivity index (χ0n) is 7.83. The van der Waals surface area contributed by atoms with Gasteiger partial charge in [-0.1, -0.05) is 0 Å². The fraction of sp³-hybridized carbons (Fsp3) is 0.889. The van der Waals surface area contributed by atoms with Crippen LogP contribution in [-0.2, 0) is 4.79 Å². The van der Waals surface area contributed by atoms with Gasteiger partial charge in [-0.3, -0.25) is 9.69 Å². The molecule has 2 aliphatic rings. The fourth-order valence-corrected chi connectivity index (χ4v) is 1.58. The van der Waals surface area contributed by atoms with Gasteiger partial charge in [-0.2, -0.15) is 0 Å². The maximum Gasteiger partial charge on any atom is 0.234 e. The van der Waals surface area contributed by atoms with Crippen molar-refractivity contribution in [2.45, 2.75) is 18.9 Å².